The Morgan fingerprint density at radius 1 is 1.40 bits per heavy atom. The van der Waals surface area contributed by atoms with E-state index in [9.17, 15) is 4.79 Å². The molecule has 2 aromatic heterocycles. The van der Waals surface area contributed by atoms with Gasteiger partial charge < -0.3 is 5.73 Å². The van der Waals surface area contributed by atoms with E-state index in [2.05, 4.69) is 11.9 Å². The summed E-state index contributed by atoms with van der Waals surface area (Å²) in [6.07, 6.45) is 1.78. The van der Waals surface area contributed by atoms with Crippen LogP contribution in [0.2, 0.25) is 0 Å². The Balaban J connectivity index is 2.05. The largest absolute Gasteiger partial charge is 0.385 e. The highest BCUT2D eigenvalue weighted by atomic mass is 32.1. The number of anilines is 1. The molecule has 0 saturated heterocycles. The van der Waals surface area contributed by atoms with Gasteiger partial charge in [0, 0.05) is 29.4 Å². The first-order valence-electron chi connectivity index (χ1n) is 6.44. The third-order valence-electron chi connectivity index (χ3n) is 3.38. The molecule has 2 heterocycles. The van der Waals surface area contributed by atoms with Crippen molar-refractivity contribution in [2.24, 2.45) is 0 Å². The minimum atomic E-state index is -0.0380. The molecule has 4 nitrogen and oxygen atoms in total. The van der Waals surface area contributed by atoms with E-state index in [1.165, 1.54) is 0 Å². The van der Waals surface area contributed by atoms with Gasteiger partial charge in [0.1, 0.15) is 5.82 Å². The van der Waals surface area contributed by atoms with E-state index < -0.39 is 0 Å². The first-order chi connectivity index (χ1) is 9.66. The predicted molar refractivity (Wildman–Crippen MR) is 83.1 cm³/mol. The van der Waals surface area contributed by atoms with Crippen LogP contribution in [-0.2, 0) is 6.54 Å². The van der Waals surface area contributed by atoms with Crippen molar-refractivity contribution >= 4 is 27.9 Å². The van der Waals surface area contributed by atoms with E-state index in [1.807, 2.05) is 35.7 Å². The van der Waals surface area contributed by atoms with E-state index in [1.54, 1.807) is 22.1 Å². The Hall–Kier alpha value is -2.14. The van der Waals surface area contributed by atoms with Crippen LogP contribution in [0.25, 0.3) is 10.8 Å². The van der Waals surface area contributed by atoms with Crippen molar-refractivity contribution in [3.63, 3.8) is 0 Å². The van der Waals surface area contributed by atoms with Gasteiger partial charge in [-0.05, 0) is 17.5 Å². The summed E-state index contributed by atoms with van der Waals surface area (Å²) < 4.78 is 1.63. The van der Waals surface area contributed by atoms with Crippen LogP contribution in [0.15, 0.2) is 46.7 Å². The number of hydrogen-bond donors (Lipinski definition) is 1. The first kappa shape index (κ1) is 12.9. The summed E-state index contributed by atoms with van der Waals surface area (Å²) >= 11 is 1.60. The standard InChI is InChI=1S/C15H15N3OS/c1-10(14-17-6-7-20-14)9-18-13(16)8-11-4-2-3-5-12(11)15(18)19/h2-8,10H,9,16H2,1H3. The van der Waals surface area contributed by atoms with Gasteiger partial charge in [-0.25, -0.2) is 4.98 Å². The molecule has 0 radical (unpaired) electrons. The SMILES string of the molecule is CC(Cn1c(N)cc2ccccc2c1=O)c1nccs1. The number of fused-ring (bicyclic) bond motifs is 1. The van der Waals surface area contributed by atoms with Gasteiger partial charge in [0.05, 0.1) is 5.01 Å². The fourth-order valence-electron chi connectivity index (χ4n) is 2.34. The summed E-state index contributed by atoms with van der Waals surface area (Å²) in [6, 6.07) is 9.37. The van der Waals surface area contributed by atoms with Crippen LogP contribution in [0.1, 0.15) is 17.8 Å². The number of aromatic nitrogens is 2. The van der Waals surface area contributed by atoms with Crippen LogP contribution in [0, 0.1) is 0 Å². The van der Waals surface area contributed by atoms with Crippen LogP contribution in [0.5, 0.6) is 0 Å². The number of pyridine rings is 1. The average molecular weight is 285 g/mol. The highest BCUT2D eigenvalue weighted by Gasteiger charge is 2.13. The Bertz CT molecular complexity index is 792. The molecule has 0 aliphatic heterocycles. The van der Waals surface area contributed by atoms with Crippen molar-refractivity contribution in [1.82, 2.24) is 9.55 Å². The third-order valence-corrected chi connectivity index (χ3v) is 4.39. The molecule has 20 heavy (non-hydrogen) atoms. The molecule has 1 unspecified atom stereocenters. The quantitative estimate of drug-likeness (QED) is 0.805. The van der Waals surface area contributed by atoms with E-state index >= 15 is 0 Å². The molecule has 1 atom stereocenters. The van der Waals surface area contributed by atoms with Gasteiger partial charge >= 0.3 is 0 Å². The van der Waals surface area contributed by atoms with E-state index in [0.29, 0.717) is 17.7 Å². The number of hydrogen-bond acceptors (Lipinski definition) is 4. The number of thiazole rings is 1. The maximum Gasteiger partial charge on any atom is 0.259 e. The zero-order chi connectivity index (χ0) is 14.1. The van der Waals surface area contributed by atoms with Crippen molar-refractivity contribution in [3.05, 3.63) is 57.3 Å². The van der Waals surface area contributed by atoms with Gasteiger partial charge in [0.25, 0.3) is 5.56 Å². The highest BCUT2D eigenvalue weighted by molar-refractivity contribution is 7.09. The molecule has 2 N–H and O–H groups in total. The molecule has 0 aliphatic rings. The molecule has 0 amide bonds. The normalized spacial score (nSPS) is 12.7. The maximum atomic E-state index is 12.5. The first-order valence-corrected chi connectivity index (χ1v) is 7.32. The maximum absolute atomic E-state index is 12.5. The monoisotopic (exact) mass is 285 g/mol. The molecule has 102 valence electrons. The summed E-state index contributed by atoms with van der Waals surface area (Å²) in [6.45, 7) is 2.60. The van der Waals surface area contributed by atoms with Gasteiger partial charge in [0.15, 0.2) is 0 Å². The average Bonchev–Trinajstić information content (AvgIpc) is 2.97. The van der Waals surface area contributed by atoms with Crippen LogP contribution in [0.3, 0.4) is 0 Å². The smallest absolute Gasteiger partial charge is 0.259 e. The number of nitrogens with zero attached hydrogens (tertiary/aromatic N) is 2. The predicted octanol–water partition coefficient (Wildman–Crippen LogP) is 2.84. The zero-order valence-electron chi connectivity index (χ0n) is 11.1. The summed E-state index contributed by atoms with van der Waals surface area (Å²) in [4.78, 5) is 16.8. The van der Waals surface area contributed by atoms with Crippen molar-refractivity contribution in [2.75, 3.05) is 5.73 Å². The molecule has 0 fully saturated rings. The van der Waals surface area contributed by atoms with Gasteiger partial charge in [-0.1, -0.05) is 25.1 Å². The second kappa shape index (κ2) is 5.09. The van der Waals surface area contributed by atoms with Crippen molar-refractivity contribution in [1.29, 1.82) is 0 Å². The van der Waals surface area contributed by atoms with Gasteiger partial charge in [-0.15, -0.1) is 11.3 Å². The fourth-order valence-corrected chi connectivity index (χ4v) is 3.03. The molecular formula is C15H15N3OS. The van der Waals surface area contributed by atoms with E-state index in [4.69, 9.17) is 5.73 Å². The van der Waals surface area contributed by atoms with Crippen LogP contribution in [0.4, 0.5) is 5.82 Å². The lowest BCUT2D eigenvalue weighted by Crippen LogP contribution is -2.25. The summed E-state index contributed by atoms with van der Waals surface area (Å²) in [5.41, 5.74) is 6.00. The van der Waals surface area contributed by atoms with E-state index in [0.717, 1.165) is 10.4 Å². The van der Waals surface area contributed by atoms with Crippen LogP contribution >= 0.6 is 11.3 Å². The topological polar surface area (TPSA) is 60.9 Å². The Morgan fingerprint density at radius 2 is 2.20 bits per heavy atom. The zero-order valence-corrected chi connectivity index (χ0v) is 11.9. The second-order valence-electron chi connectivity index (χ2n) is 4.84. The molecule has 1 aromatic carbocycles. The molecule has 0 saturated carbocycles. The Kier molecular flexibility index (Phi) is 3.28. The van der Waals surface area contributed by atoms with Crippen molar-refractivity contribution < 1.29 is 0 Å². The Labute approximate surface area is 120 Å². The van der Waals surface area contributed by atoms with E-state index in [-0.39, 0.29) is 11.5 Å². The third kappa shape index (κ3) is 2.20. The molecular weight excluding hydrogens is 270 g/mol. The number of nitrogens with two attached hydrogens (primary N) is 1. The Morgan fingerprint density at radius 3 is 2.95 bits per heavy atom. The summed E-state index contributed by atoms with van der Waals surface area (Å²) in [5, 5.41) is 4.55. The number of rotatable bonds is 3. The van der Waals surface area contributed by atoms with Crippen LogP contribution < -0.4 is 11.3 Å². The van der Waals surface area contributed by atoms with Gasteiger partial charge in [0.2, 0.25) is 0 Å². The molecule has 0 bridgehead atoms. The lowest BCUT2D eigenvalue weighted by molar-refractivity contribution is 0.588. The van der Waals surface area contributed by atoms with Crippen molar-refractivity contribution in [2.45, 2.75) is 19.4 Å². The van der Waals surface area contributed by atoms with Gasteiger partial charge in [-0.2, -0.15) is 0 Å². The molecule has 5 heteroatoms. The second-order valence-corrected chi connectivity index (χ2v) is 5.77. The molecule has 3 aromatic rings. The lowest BCUT2D eigenvalue weighted by Gasteiger charge is -2.14. The molecule has 3 rings (SSSR count). The van der Waals surface area contributed by atoms with Gasteiger partial charge in [-0.3, -0.25) is 9.36 Å². The number of benzene rings is 1. The minimum Gasteiger partial charge on any atom is -0.385 e. The fraction of sp³-hybridized carbons (Fsp3) is 0.200. The summed E-state index contributed by atoms with van der Waals surface area (Å²) in [5.74, 6) is 0.660. The highest BCUT2D eigenvalue weighted by Crippen LogP contribution is 2.21. The van der Waals surface area contributed by atoms with Crippen molar-refractivity contribution in [3.8, 4) is 0 Å². The minimum absolute atomic E-state index is 0.0380. The molecule has 0 spiro atoms. The van der Waals surface area contributed by atoms with Crippen LogP contribution in [-0.4, -0.2) is 9.55 Å². The molecule has 0 aliphatic carbocycles. The number of nitrogen functional groups attached to an aromatic ring is 1. The summed E-state index contributed by atoms with van der Waals surface area (Å²) in [7, 11) is 0. The lowest BCUT2D eigenvalue weighted by atomic mass is 10.1.